The molecule has 19 heavy (non-hydrogen) atoms. The number of nitrogens with zero attached hydrogens (tertiary/aromatic N) is 1. The van der Waals surface area contributed by atoms with E-state index in [-0.39, 0.29) is 17.8 Å². The molecule has 1 aromatic rings. The number of rotatable bonds is 3. The summed E-state index contributed by atoms with van der Waals surface area (Å²) in [5.41, 5.74) is 5.04. The van der Waals surface area contributed by atoms with Crippen LogP contribution >= 0.6 is 0 Å². The third-order valence-corrected chi connectivity index (χ3v) is 3.31. The lowest BCUT2D eigenvalue weighted by molar-refractivity contribution is -0.387. The third-order valence-electron chi connectivity index (χ3n) is 3.31. The highest BCUT2D eigenvalue weighted by molar-refractivity contribution is 5.53. The van der Waals surface area contributed by atoms with E-state index in [0.29, 0.717) is 12.5 Å². The molecule has 1 aliphatic carbocycles. The van der Waals surface area contributed by atoms with Crippen molar-refractivity contribution < 1.29 is 13.7 Å². The lowest BCUT2D eigenvalue weighted by Gasteiger charge is -2.28. The number of nitrogens with one attached hydrogen (secondary N) is 1. The summed E-state index contributed by atoms with van der Waals surface area (Å²) in [4.78, 5) is 9.76. The van der Waals surface area contributed by atoms with Crippen molar-refractivity contribution in [3.05, 3.63) is 33.9 Å². The van der Waals surface area contributed by atoms with E-state index in [4.69, 9.17) is 5.73 Å². The van der Waals surface area contributed by atoms with Gasteiger partial charge in [0, 0.05) is 24.2 Å². The van der Waals surface area contributed by atoms with Crippen molar-refractivity contribution in [1.82, 2.24) is 0 Å². The van der Waals surface area contributed by atoms with Gasteiger partial charge in [0.25, 0.3) is 0 Å². The normalized spacial score (nSPS) is 23.1. The zero-order valence-electron chi connectivity index (χ0n) is 10.2. The van der Waals surface area contributed by atoms with Crippen molar-refractivity contribution in [1.29, 1.82) is 0 Å². The topological polar surface area (TPSA) is 81.2 Å². The quantitative estimate of drug-likeness (QED) is 0.654. The summed E-state index contributed by atoms with van der Waals surface area (Å²) in [6.45, 7) is 0. The molecule has 2 atom stereocenters. The van der Waals surface area contributed by atoms with Crippen LogP contribution in [-0.2, 0) is 0 Å². The average molecular weight is 271 g/mol. The van der Waals surface area contributed by atoms with Crippen LogP contribution in [0.4, 0.5) is 20.2 Å². The fourth-order valence-electron chi connectivity index (χ4n) is 2.37. The minimum Gasteiger partial charge on any atom is -0.380 e. The van der Waals surface area contributed by atoms with Crippen molar-refractivity contribution in [3.8, 4) is 0 Å². The standard InChI is InChI=1S/C12H15F2N3O2/c13-9-5-10(14)12(17(18)19)6-11(9)16-8-3-1-2-7(15)4-8/h5-8,16H,1-4,15H2. The molecule has 0 aliphatic heterocycles. The molecular formula is C12H15F2N3O2. The van der Waals surface area contributed by atoms with Gasteiger partial charge >= 0.3 is 5.69 Å². The molecule has 0 heterocycles. The van der Waals surface area contributed by atoms with Gasteiger partial charge in [0.15, 0.2) is 0 Å². The van der Waals surface area contributed by atoms with E-state index in [0.717, 1.165) is 25.3 Å². The first-order valence-corrected chi connectivity index (χ1v) is 6.13. The first kappa shape index (κ1) is 13.7. The molecule has 0 spiro atoms. The monoisotopic (exact) mass is 271 g/mol. The average Bonchev–Trinajstić information content (AvgIpc) is 2.32. The van der Waals surface area contributed by atoms with Crippen LogP contribution in [0.25, 0.3) is 0 Å². The molecule has 0 radical (unpaired) electrons. The summed E-state index contributed by atoms with van der Waals surface area (Å²) in [5.74, 6) is -2.00. The smallest absolute Gasteiger partial charge is 0.307 e. The third kappa shape index (κ3) is 3.17. The highest BCUT2D eigenvalue weighted by Crippen LogP contribution is 2.28. The molecule has 0 aromatic heterocycles. The molecule has 5 nitrogen and oxygen atoms in total. The Morgan fingerprint density at radius 3 is 2.68 bits per heavy atom. The summed E-state index contributed by atoms with van der Waals surface area (Å²) in [6.07, 6.45) is 3.33. The fourth-order valence-corrected chi connectivity index (χ4v) is 2.37. The first-order chi connectivity index (χ1) is 8.97. The second-order valence-electron chi connectivity index (χ2n) is 4.81. The number of hydrogen-bond acceptors (Lipinski definition) is 4. The molecular weight excluding hydrogens is 256 g/mol. The fraction of sp³-hybridized carbons (Fsp3) is 0.500. The number of halogens is 2. The van der Waals surface area contributed by atoms with E-state index >= 15 is 0 Å². The molecule has 2 rings (SSSR count). The molecule has 1 saturated carbocycles. The Hall–Kier alpha value is -1.76. The zero-order valence-corrected chi connectivity index (χ0v) is 10.2. The van der Waals surface area contributed by atoms with Gasteiger partial charge in [0.1, 0.15) is 5.82 Å². The van der Waals surface area contributed by atoms with Crippen LogP contribution in [0.3, 0.4) is 0 Å². The van der Waals surface area contributed by atoms with Gasteiger partial charge in [-0.15, -0.1) is 0 Å². The highest BCUT2D eigenvalue weighted by Gasteiger charge is 2.23. The number of benzene rings is 1. The van der Waals surface area contributed by atoms with Crippen molar-refractivity contribution >= 4 is 11.4 Å². The van der Waals surface area contributed by atoms with Gasteiger partial charge in [-0.05, 0) is 25.7 Å². The summed E-state index contributed by atoms with van der Waals surface area (Å²) < 4.78 is 26.8. The minimum absolute atomic E-state index is 0.0386. The van der Waals surface area contributed by atoms with E-state index < -0.39 is 22.2 Å². The largest absolute Gasteiger partial charge is 0.380 e. The van der Waals surface area contributed by atoms with Gasteiger partial charge in [0.05, 0.1) is 10.6 Å². The van der Waals surface area contributed by atoms with Crippen LogP contribution in [0.5, 0.6) is 0 Å². The van der Waals surface area contributed by atoms with Crippen LogP contribution < -0.4 is 11.1 Å². The van der Waals surface area contributed by atoms with E-state index in [2.05, 4.69) is 5.32 Å². The molecule has 7 heteroatoms. The number of anilines is 1. The number of nitrogens with two attached hydrogens (primary N) is 1. The van der Waals surface area contributed by atoms with Crippen LogP contribution in [0.1, 0.15) is 25.7 Å². The van der Waals surface area contributed by atoms with E-state index in [1.165, 1.54) is 0 Å². The Kier molecular flexibility index (Phi) is 3.94. The lowest BCUT2D eigenvalue weighted by atomic mass is 9.91. The van der Waals surface area contributed by atoms with Gasteiger partial charge < -0.3 is 11.1 Å². The van der Waals surface area contributed by atoms with Gasteiger partial charge in [-0.2, -0.15) is 4.39 Å². The Morgan fingerprint density at radius 2 is 2.05 bits per heavy atom. The number of hydrogen-bond donors (Lipinski definition) is 2. The van der Waals surface area contributed by atoms with Crippen LogP contribution in [-0.4, -0.2) is 17.0 Å². The van der Waals surface area contributed by atoms with E-state index in [9.17, 15) is 18.9 Å². The summed E-state index contributed by atoms with van der Waals surface area (Å²) in [6, 6.07) is 1.43. The van der Waals surface area contributed by atoms with E-state index in [1.54, 1.807) is 0 Å². The highest BCUT2D eigenvalue weighted by atomic mass is 19.1. The Bertz CT molecular complexity index is 496. The Morgan fingerprint density at radius 1 is 1.32 bits per heavy atom. The van der Waals surface area contributed by atoms with E-state index in [1.807, 2.05) is 0 Å². The van der Waals surface area contributed by atoms with Crippen molar-refractivity contribution in [2.24, 2.45) is 5.73 Å². The van der Waals surface area contributed by atoms with Gasteiger partial charge in [-0.25, -0.2) is 4.39 Å². The molecule has 1 aliphatic rings. The zero-order chi connectivity index (χ0) is 14.0. The molecule has 104 valence electrons. The maximum atomic E-state index is 13.6. The molecule has 1 aromatic carbocycles. The summed E-state index contributed by atoms with van der Waals surface area (Å²) >= 11 is 0. The van der Waals surface area contributed by atoms with Crippen LogP contribution in [0, 0.1) is 21.7 Å². The minimum atomic E-state index is -1.17. The van der Waals surface area contributed by atoms with Crippen molar-refractivity contribution in [2.75, 3.05) is 5.32 Å². The first-order valence-electron chi connectivity index (χ1n) is 6.13. The molecule has 3 N–H and O–H groups in total. The second-order valence-corrected chi connectivity index (χ2v) is 4.81. The van der Waals surface area contributed by atoms with Gasteiger partial charge in [-0.3, -0.25) is 10.1 Å². The SMILES string of the molecule is NC1CCCC(Nc2cc([N+](=O)[O-])c(F)cc2F)C1. The maximum Gasteiger partial charge on any atom is 0.307 e. The number of nitro benzene ring substituents is 1. The Balaban J connectivity index is 2.19. The summed E-state index contributed by atoms with van der Waals surface area (Å²) in [7, 11) is 0. The molecule has 0 saturated heterocycles. The van der Waals surface area contributed by atoms with Gasteiger partial charge in [0.2, 0.25) is 5.82 Å². The molecule has 2 unspecified atom stereocenters. The van der Waals surface area contributed by atoms with Crippen LogP contribution in [0.2, 0.25) is 0 Å². The molecule has 1 fully saturated rings. The maximum absolute atomic E-state index is 13.6. The summed E-state index contributed by atoms with van der Waals surface area (Å²) in [5, 5.41) is 13.5. The predicted octanol–water partition coefficient (Wildman–Crippen LogP) is 2.55. The van der Waals surface area contributed by atoms with Crippen LogP contribution in [0.15, 0.2) is 12.1 Å². The Labute approximate surface area is 108 Å². The second kappa shape index (κ2) is 5.48. The molecule has 0 amide bonds. The lowest BCUT2D eigenvalue weighted by Crippen LogP contribution is -2.35. The van der Waals surface area contributed by atoms with Crippen molar-refractivity contribution in [3.63, 3.8) is 0 Å². The van der Waals surface area contributed by atoms with Gasteiger partial charge in [-0.1, -0.05) is 0 Å². The van der Waals surface area contributed by atoms with Crippen molar-refractivity contribution in [2.45, 2.75) is 37.8 Å². The molecule has 0 bridgehead atoms. The predicted molar refractivity (Wildman–Crippen MR) is 66.9 cm³/mol. The number of nitro groups is 1.